The molecule has 106 valence electrons. The monoisotopic (exact) mass is 263 g/mol. The number of rotatable bonds is 6. The number of nitrogens with one attached hydrogen (secondary N) is 1. The molecule has 0 bridgehead atoms. The van der Waals surface area contributed by atoms with Crippen LogP contribution >= 0.6 is 0 Å². The molecule has 1 rings (SSSR count). The van der Waals surface area contributed by atoms with Gasteiger partial charge < -0.3 is 16.0 Å². The van der Waals surface area contributed by atoms with Crippen LogP contribution in [0.3, 0.4) is 0 Å². The highest BCUT2D eigenvalue weighted by atomic mass is 16.1. The molecule has 0 fully saturated rings. The van der Waals surface area contributed by atoms with Crippen molar-refractivity contribution in [3.8, 4) is 0 Å². The van der Waals surface area contributed by atoms with Gasteiger partial charge in [0.15, 0.2) is 0 Å². The van der Waals surface area contributed by atoms with E-state index >= 15 is 0 Å². The summed E-state index contributed by atoms with van der Waals surface area (Å²) >= 11 is 0. The van der Waals surface area contributed by atoms with Crippen molar-refractivity contribution in [1.29, 1.82) is 0 Å². The molecule has 3 N–H and O–H groups in total. The first kappa shape index (κ1) is 15.5. The van der Waals surface area contributed by atoms with E-state index in [4.69, 9.17) is 5.73 Å². The number of nitrogen functional groups attached to an aromatic ring is 1. The summed E-state index contributed by atoms with van der Waals surface area (Å²) in [6.45, 7) is 7.77. The fourth-order valence-electron chi connectivity index (χ4n) is 1.80. The SMILES string of the molecule is CCC(C)N(C)CCNC(=O)c1ccc(N)c(C)c1. The van der Waals surface area contributed by atoms with Gasteiger partial charge in [0, 0.05) is 30.4 Å². The number of aryl methyl sites for hydroxylation is 1. The van der Waals surface area contributed by atoms with Crippen molar-refractivity contribution >= 4 is 11.6 Å². The van der Waals surface area contributed by atoms with Crippen molar-refractivity contribution in [2.24, 2.45) is 0 Å². The van der Waals surface area contributed by atoms with Gasteiger partial charge >= 0.3 is 0 Å². The molecule has 0 aromatic heterocycles. The summed E-state index contributed by atoms with van der Waals surface area (Å²) < 4.78 is 0. The number of nitrogens with zero attached hydrogens (tertiary/aromatic N) is 1. The van der Waals surface area contributed by atoms with Crippen LogP contribution in [0.25, 0.3) is 0 Å². The van der Waals surface area contributed by atoms with Crippen LogP contribution in [0.1, 0.15) is 36.2 Å². The largest absolute Gasteiger partial charge is 0.399 e. The average Bonchev–Trinajstić information content (AvgIpc) is 2.40. The Morgan fingerprint density at radius 2 is 2.16 bits per heavy atom. The van der Waals surface area contributed by atoms with Crippen molar-refractivity contribution < 1.29 is 4.79 Å². The van der Waals surface area contributed by atoms with Gasteiger partial charge in [0.25, 0.3) is 5.91 Å². The highest BCUT2D eigenvalue weighted by Crippen LogP contribution is 2.12. The van der Waals surface area contributed by atoms with E-state index in [1.54, 1.807) is 12.1 Å². The minimum atomic E-state index is -0.0411. The summed E-state index contributed by atoms with van der Waals surface area (Å²) in [7, 11) is 2.08. The molecule has 0 aliphatic heterocycles. The van der Waals surface area contributed by atoms with Gasteiger partial charge in [-0.15, -0.1) is 0 Å². The fourth-order valence-corrected chi connectivity index (χ4v) is 1.80. The van der Waals surface area contributed by atoms with Gasteiger partial charge in [-0.05, 0) is 51.1 Å². The van der Waals surface area contributed by atoms with Crippen LogP contribution in [-0.2, 0) is 0 Å². The van der Waals surface area contributed by atoms with Crippen molar-refractivity contribution in [1.82, 2.24) is 10.2 Å². The van der Waals surface area contributed by atoms with Crippen molar-refractivity contribution in [2.75, 3.05) is 25.9 Å². The maximum Gasteiger partial charge on any atom is 0.251 e. The molecule has 0 spiro atoms. The van der Waals surface area contributed by atoms with Crippen LogP contribution in [0.5, 0.6) is 0 Å². The number of benzene rings is 1. The molecule has 4 heteroatoms. The minimum Gasteiger partial charge on any atom is -0.399 e. The Labute approximate surface area is 116 Å². The third-order valence-electron chi connectivity index (χ3n) is 3.63. The second-order valence-electron chi connectivity index (χ2n) is 5.07. The minimum absolute atomic E-state index is 0.0411. The Kier molecular flexibility index (Phi) is 5.83. The zero-order valence-electron chi connectivity index (χ0n) is 12.4. The number of nitrogens with two attached hydrogens (primary N) is 1. The Morgan fingerprint density at radius 1 is 1.47 bits per heavy atom. The highest BCUT2D eigenvalue weighted by molar-refractivity contribution is 5.94. The predicted octanol–water partition coefficient (Wildman–Crippen LogP) is 2.04. The molecule has 19 heavy (non-hydrogen) atoms. The smallest absolute Gasteiger partial charge is 0.251 e. The van der Waals surface area contributed by atoms with Crippen LogP contribution in [0, 0.1) is 6.92 Å². The molecule has 0 saturated carbocycles. The molecule has 1 aromatic carbocycles. The Morgan fingerprint density at radius 3 is 2.74 bits per heavy atom. The molecule has 0 radical (unpaired) electrons. The van der Waals surface area contributed by atoms with E-state index in [0.29, 0.717) is 23.8 Å². The standard InChI is InChI=1S/C15H25N3O/c1-5-12(3)18(4)9-8-17-15(19)13-6-7-14(16)11(2)10-13/h6-7,10,12H,5,8-9,16H2,1-4H3,(H,17,19). The van der Waals surface area contributed by atoms with Crippen LogP contribution in [0.2, 0.25) is 0 Å². The summed E-state index contributed by atoms with van der Waals surface area (Å²) in [6.07, 6.45) is 1.11. The summed E-state index contributed by atoms with van der Waals surface area (Å²) in [5.41, 5.74) is 8.05. The van der Waals surface area contributed by atoms with Gasteiger partial charge in [-0.2, -0.15) is 0 Å². The van der Waals surface area contributed by atoms with E-state index in [2.05, 4.69) is 31.1 Å². The first-order chi connectivity index (χ1) is 8.95. The zero-order valence-corrected chi connectivity index (χ0v) is 12.4. The number of amides is 1. The quantitative estimate of drug-likeness (QED) is 0.772. The van der Waals surface area contributed by atoms with Gasteiger partial charge in [-0.25, -0.2) is 0 Å². The highest BCUT2D eigenvalue weighted by Gasteiger charge is 2.09. The predicted molar refractivity (Wildman–Crippen MR) is 80.3 cm³/mol. The van der Waals surface area contributed by atoms with Gasteiger partial charge in [-0.1, -0.05) is 6.92 Å². The molecule has 4 nitrogen and oxygen atoms in total. The van der Waals surface area contributed by atoms with Gasteiger partial charge in [-0.3, -0.25) is 4.79 Å². The molecule has 0 heterocycles. The van der Waals surface area contributed by atoms with E-state index in [0.717, 1.165) is 18.5 Å². The number of carbonyl (C=O) groups excluding carboxylic acids is 1. The van der Waals surface area contributed by atoms with E-state index < -0.39 is 0 Å². The van der Waals surface area contributed by atoms with E-state index in [-0.39, 0.29) is 5.91 Å². The first-order valence-corrected chi connectivity index (χ1v) is 6.80. The molecule has 1 unspecified atom stereocenters. The molecule has 0 aliphatic carbocycles. The van der Waals surface area contributed by atoms with Gasteiger partial charge in [0.2, 0.25) is 0 Å². The Bertz CT molecular complexity index is 431. The van der Waals surface area contributed by atoms with E-state index in [1.807, 2.05) is 13.0 Å². The first-order valence-electron chi connectivity index (χ1n) is 6.80. The van der Waals surface area contributed by atoms with Crippen molar-refractivity contribution in [3.05, 3.63) is 29.3 Å². The molecular weight excluding hydrogens is 238 g/mol. The Balaban J connectivity index is 2.45. The second-order valence-corrected chi connectivity index (χ2v) is 5.07. The van der Waals surface area contributed by atoms with Gasteiger partial charge in [0.05, 0.1) is 0 Å². The molecule has 1 atom stereocenters. The number of likely N-dealkylation sites (N-methyl/N-ethyl adjacent to an activating group) is 1. The van der Waals surface area contributed by atoms with Crippen LogP contribution in [0.15, 0.2) is 18.2 Å². The number of hydrogen-bond donors (Lipinski definition) is 2. The topological polar surface area (TPSA) is 58.4 Å². The summed E-state index contributed by atoms with van der Waals surface area (Å²) in [6, 6.07) is 5.89. The molecular formula is C15H25N3O. The molecule has 0 saturated heterocycles. The van der Waals surface area contributed by atoms with Gasteiger partial charge in [0.1, 0.15) is 0 Å². The van der Waals surface area contributed by atoms with Crippen LogP contribution in [-0.4, -0.2) is 37.0 Å². The third-order valence-corrected chi connectivity index (χ3v) is 3.63. The normalized spacial score (nSPS) is 12.5. The lowest BCUT2D eigenvalue weighted by Gasteiger charge is -2.23. The Hall–Kier alpha value is -1.55. The summed E-state index contributed by atoms with van der Waals surface area (Å²) in [5, 5.41) is 2.93. The zero-order chi connectivity index (χ0) is 14.4. The third kappa shape index (κ3) is 4.56. The summed E-state index contributed by atoms with van der Waals surface area (Å²) in [5.74, 6) is -0.0411. The van der Waals surface area contributed by atoms with Crippen LogP contribution in [0.4, 0.5) is 5.69 Å². The maximum atomic E-state index is 12.0. The lowest BCUT2D eigenvalue weighted by molar-refractivity contribution is 0.0947. The van der Waals surface area contributed by atoms with Crippen LogP contribution < -0.4 is 11.1 Å². The molecule has 1 amide bonds. The second kappa shape index (κ2) is 7.14. The maximum absolute atomic E-state index is 12.0. The molecule has 1 aromatic rings. The lowest BCUT2D eigenvalue weighted by atomic mass is 10.1. The fraction of sp³-hybridized carbons (Fsp3) is 0.533. The van der Waals surface area contributed by atoms with Crippen molar-refractivity contribution in [2.45, 2.75) is 33.2 Å². The lowest BCUT2D eigenvalue weighted by Crippen LogP contribution is -2.37. The molecule has 0 aliphatic rings. The number of anilines is 1. The van der Waals surface area contributed by atoms with E-state index in [9.17, 15) is 4.79 Å². The number of carbonyl (C=O) groups is 1. The average molecular weight is 263 g/mol. The van der Waals surface area contributed by atoms with E-state index in [1.165, 1.54) is 0 Å². The summed E-state index contributed by atoms with van der Waals surface area (Å²) in [4.78, 5) is 14.2. The van der Waals surface area contributed by atoms with Crippen molar-refractivity contribution in [3.63, 3.8) is 0 Å². The number of hydrogen-bond acceptors (Lipinski definition) is 3.